The topological polar surface area (TPSA) is 47.3 Å². The van der Waals surface area contributed by atoms with Crippen LogP contribution in [0.2, 0.25) is 0 Å². The number of rotatable bonds is 6. The quantitative estimate of drug-likeness (QED) is 0.820. The van der Waals surface area contributed by atoms with Gasteiger partial charge in [0.15, 0.2) is 0 Å². The van der Waals surface area contributed by atoms with Crippen molar-refractivity contribution in [2.45, 2.75) is 38.8 Å². The minimum Gasteiger partial charge on any atom is -0.387 e. The predicted molar refractivity (Wildman–Crippen MR) is 66.4 cm³/mol. The molecule has 0 radical (unpaired) electrons. The van der Waals surface area contributed by atoms with Gasteiger partial charge in [0.2, 0.25) is 0 Å². The van der Waals surface area contributed by atoms with Crippen LogP contribution in [0.25, 0.3) is 0 Å². The molecule has 0 saturated heterocycles. The van der Waals surface area contributed by atoms with Crippen LogP contribution in [0.3, 0.4) is 0 Å². The maximum Gasteiger partial charge on any atom is 0.0969 e. The molecule has 1 rings (SSSR count). The first-order chi connectivity index (χ1) is 7.57. The number of hydrogen-bond acceptors (Lipinski definition) is 3. The number of hydrogen-bond donors (Lipinski definition) is 1. The summed E-state index contributed by atoms with van der Waals surface area (Å²) in [4.78, 5) is 0. The Labute approximate surface area is 105 Å². The minimum absolute atomic E-state index is 0.248. The van der Waals surface area contributed by atoms with Gasteiger partial charge in [-0.3, -0.25) is 4.68 Å². The van der Waals surface area contributed by atoms with Crippen molar-refractivity contribution in [3.8, 4) is 0 Å². The average Bonchev–Trinajstić information content (AvgIpc) is 2.60. The molecule has 0 aromatic carbocycles. The monoisotopic (exact) mass is 290 g/mol. The van der Waals surface area contributed by atoms with Crippen molar-refractivity contribution in [1.29, 1.82) is 0 Å². The van der Waals surface area contributed by atoms with Crippen molar-refractivity contribution in [2.24, 2.45) is 0 Å². The number of aliphatic hydroxyl groups is 1. The molecule has 1 atom stereocenters. The highest BCUT2D eigenvalue weighted by Gasteiger charge is 2.18. The highest BCUT2D eigenvalue weighted by molar-refractivity contribution is 9.10. The fourth-order valence-corrected chi connectivity index (χ4v) is 2.17. The van der Waals surface area contributed by atoms with E-state index in [1.54, 1.807) is 13.3 Å². The van der Waals surface area contributed by atoms with E-state index < -0.39 is 6.10 Å². The van der Waals surface area contributed by atoms with Gasteiger partial charge >= 0.3 is 0 Å². The van der Waals surface area contributed by atoms with Crippen LogP contribution in [0.4, 0.5) is 0 Å². The lowest BCUT2D eigenvalue weighted by Crippen LogP contribution is -2.12. The summed E-state index contributed by atoms with van der Waals surface area (Å²) in [6.45, 7) is 4.76. The number of nitrogens with zero attached hydrogens (tertiary/aromatic N) is 2. The maximum absolute atomic E-state index is 10.1. The summed E-state index contributed by atoms with van der Waals surface area (Å²) in [6.07, 6.45) is 2.77. The molecule has 4 nitrogen and oxygen atoms in total. The van der Waals surface area contributed by atoms with Crippen molar-refractivity contribution < 1.29 is 9.84 Å². The highest BCUT2D eigenvalue weighted by Crippen LogP contribution is 2.28. The van der Waals surface area contributed by atoms with Crippen LogP contribution in [-0.4, -0.2) is 28.6 Å². The molecule has 0 aliphatic rings. The van der Waals surface area contributed by atoms with Crippen molar-refractivity contribution in [1.82, 2.24) is 9.78 Å². The second-order valence-electron chi connectivity index (χ2n) is 4.07. The molecule has 1 aromatic heterocycles. The number of halogens is 1. The standard InChI is InChI=1S/C11H19BrN2O2/c1-8(2)14-11(9(12)7-13-14)10(15)5-4-6-16-3/h7-8,10,15H,4-6H2,1-3H3. The van der Waals surface area contributed by atoms with Gasteiger partial charge in [0.1, 0.15) is 0 Å². The Bertz CT molecular complexity index is 326. The molecular weight excluding hydrogens is 272 g/mol. The SMILES string of the molecule is COCCCC(O)c1c(Br)cnn1C(C)C. The predicted octanol–water partition coefficient (Wildman–Crippen LogP) is 2.69. The molecule has 0 saturated carbocycles. The molecule has 0 aliphatic carbocycles. The molecule has 1 aromatic rings. The van der Waals surface area contributed by atoms with Gasteiger partial charge in [-0.2, -0.15) is 5.10 Å². The molecule has 92 valence electrons. The summed E-state index contributed by atoms with van der Waals surface area (Å²) in [5.74, 6) is 0. The zero-order valence-corrected chi connectivity index (χ0v) is 11.6. The van der Waals surface area contributed by atoms with Crippen molar-refractivity contribution >= 4 is 15.9 Å². The van der Waals surface area contributed by atoms with E-state index in [-0.39, 0.29) is 6.04 Å². The molecule has 0 bridgehead atoms. The molecule has 0 aliphatic heterocycles. The molecule has 1 unspecified atom stereocenters. The van der Waals surface area contributed by atoms with Crippen molar-refractivity contribution in [3.05, 3.63) is 16.4 Å². The van der Waals surface area contributed by atoms with E-state index in [1.807, 2.05) is 18.5 Å². The summed E-state index contributed by atoms with van der Waals surface area (Å²) in [5, 5.41) is 14.3. The summed E-state index contributed by atoms with van der Waals surface area (Å²) in [7, 11) is 1.67. The molecule has 0 fully saturated rings. The lowest BCUT2D eigenvalue weighted by Gasteiger charge is -2.16. The third kappa shape index (κ3) is 3.30. The Morgan fingerprint density at radius 3 is 2.81 bits per heavy atom. The number of ether oxygens (including phenoxy) is 1. The summed E-state index contributed by atoms with van der Waals surface area (Å²) < 4.78 is 7.69. The van der Waals surface area contributed by atoms with Gasteiger partial charge < -0.3 is 9.84 Å². The average molecular weight is 291 g/mol. The Morgan fingerprint density at radius 2 is 2.25 bits per heavy atom. The normalized spacial score (nSPS) is 13.4. The second kappa shape index (κ2) is 6.37. The first kappa shape index (κ1) is 13.7. The molecule has 1 heterocycles. The zero-order chi connectivity index (χ0) is 12.1. The highest BCUT2D eigenvalue weighted by atomic mass is 79.9. The van der Waals surface area contributed by atoms with Crippen LogP contribution in [0.5, 0.6) is 0 Å². The Kier molecular flexibility index (Phi) is 5.44. The molecule has 0 spiro atoms. The summed E-state index contributed by atoms with van der Waals surface area (Å²) >= 11 is 3.42. The van der Waals surface area contributed by atoms with Crippen LogP contribution >= 0.6 is 15.9 Å². The fourth-order valence-electron chi connectivity index (χ4n) is 1.63. The van der Waals surface area contributed by atoms with Crippen LogP contribution in [0.15, 0.2) is 10.7 Å². The Morgan fingerprint density at radius 1 is 1.56 bits per heavy atom. The molecule has 0 amide bonds. The van der Waals surface area contributed by atoms with E-state index in [0.29, 0.717) is 13.0 Å². The van der Waals surface area contributed by atoms with Gasteiger partial charge in [-0.15, -0.1) is 0 Å². The third-order valence-corrected chi connectivity index (χ3v) is 3.03. The van der Waals surface area contributed by atoms with Crippen LogP contribution in [0.1, 0.15) is 44.5 Å². The first-order valence-corrected chi connectivity index (χ1v) is 6.27. The van der Waals surface area contributed by atoms with Gasteiger partial charge in [-0.1, -0.05) is 0 Å². The van der Waals surface area contributed by atoms with E-state index in [4.69, 9.17) is 4.74 Å². The van der Waals surface area contributed by atoms with Gasteiger partial charge in [0.25, 0.3) is 0 Å². The fraction of sp³-hybridized carbons (Fsp3) is 0.727. The molecule has 16 heavy (non-hydrogen) atoms. The van der Waals surface area contributed by atoms with Gasteiger partial charge in [-0.25, -0.2) is 0 Å². The second-order valence-corrected chi connectivity index (χ2v) is 4.92. The number of aliphatic hydroxyl groups excluding tert-OH is 1. The van der Waals surface area contributed by atoms with Crippen molar-refractivity contribution in [3.63, 3.8) is 0 Å². The number of aromatic nitrogens is 2. The van der Waals surface area contributed by atoms with E-state index in [9.17, 15) is 5.11 Å². The smallest absolute Gasteiger partial charge is 0.0969 e. The molecule has 1 N–H and O–H groups in total. The van der Waals surface area contributed by atoms with E-state index in [2.05, 4.69) is 21.0 Å². The summed E-state index contributed by atoms with van der Waals surface area (Å²) in [6, 6.07) is 0.248. The summed E-state index contributed by atoms with van der Waals surface area (Å²) in [5.41, 5.74) is 0.853. The van der Waals surface area contributed by atoms with Crippen molar-refractivity contribution in [2.75, 3.05) is 13.7 Å². The van der Waals surface area contributed by atoms with Gasteiger partial charge in [0, 0.05) is 19.8 Å². The van der Waals surface area contributed by atoms with Gasteiger partial charge in [-0.05, 0) is 42.6 Å². The Balaban J connectivity index is 2.73. The third-order valence-electron chi connectivity index (χ3n) is 2.42. The van der Waals surface area contributed by atoms with Gasteiger partial charge in [0.05, 0.1) is 22.5 Å². The first-order valence-electron chi connectivity index (χ1n) is 5.47. The number of methoxy groups -OCH3 is 1. The van der Waals surface area contributed by atoms with E-state index >= 15 is 0 Å². The maximum atomic E-state index is 10.1. The van der Waals surface area contributed by atoms with E-state index in [1.165, 1.54) is 0 Å². The Hall–Kier alpha value is -0.390. The largest absolute Gasteiger partial charge is 0.387 e. The van der Waals surface area contributed by atoms with Crippen LogP contribution < -0.4 is 0 Å². The van der Waals surface area contributed by atoms with Crippen LogP contribution in [0, 0.1) is 0 Å². The molecular formula is C11H19BrN2O2. The lowest BCUT2D eigenvalue weighted by molar-refractivity contribution is 0.127. The lowest BCUT2D eigenvalue weighted by atomic mass is 10.1. The molecule has 5 heteroatoms. The minimum atomic E-state index is -0.491. The van der Waals surface area contributed by atoms with Crippen LogP contribution in [-0.2, 0) is 4.74 Å². The zero-order valence-electron chi connectivity index (χ0n) is 9.98. The van der Waals surface area contributed by atoms with E-state index in [0.717, 1.165) is 16.6 Å².